The monoisotopic (exact) mass is 323 g/mol. The molecule has 0 spiro atoms. The van der Waals surface area contributed by atoms with Crippen LogP contribution in [0.15, 0.2) is 47.5 Å². The molecule has 0 radical (unpaired) electrons. The molecule has 2 atom stereocenters. The fourth-order valence-corrected chi connectivity index (χ4v) is 2.34. The van der Waals surface area contributed by atoms with Crippen LogP contribution in [0.25, 0.3) is 0 Å². The SMILES string of the molecule is CC(Cn1ccnc1)NCC(O)c1cccc(Br)c1. The van der Waals surface area contributed by atoms with Crippen molar-refractivity contribution in [3.8, 4) is 0 Å². The molecule has 102 valence electrons. The van der Waals surface area contributed by atoms with Crippen LogP contribution in [0.4, 0.5) is 0 Å². The van der Waals surface area contributed by atoms with Crippen LogP contribution in [0.2, 0.25) is 0 Å². The van der Waals surface area contributed by atoms with E-state index in [2.05, 4.69) is 33.2 Å². The Labute approximate surface area is 121 Å². The predicted molar refractivity (Wildman–Crippen MR) is 78.8 cm³/mol. The zero-order valence-corrected chi connectivity index (χ0v) is 12.4. The zero-order valence-electron chi connectivity index (χ0n) is 10.8. The molecule has 0 aliphatic carbocycles. The summed E-state index contributed by atoms with van der Waals surface area (Å²) in [5.74, 6) is 0. The van der Waals surface area contributed by atoms with Gasteiger partial charge in [-0.2, -0.15) is 0 Å². The van der Waals surface area contributed by atoms with Crippen molar-refractivity contribution in [1.82, 2.24) is 14.9 Å². The molecule has 5 heteroatoms. The van der Waals surface area contributed by atoms with Crippen molar-refractivity contribution < 1.29 is 5.11 Å². The maximum Gasteiger partial charge on any atom is 0.0946 e. The molecular formula is C14H18BrN3O. The van der Waals surface area contributed by atoms with Crippen molar-refractivity contribution in [2.24, 2.45) is 0 Å². The molecular weight excluding hydrogens is 306 g/mol. The van der Waals surface area contributed by atoms with Gasteiger partial charge in [0.15, 0.2) is 0 Å². The number of hydrogen-bond donors (Lipinski definition) is 2. The van der Waals surface area contributed by atoms with Crippen molar-refractivity contribution in [1.29, 1.82) is 0 Å². The molecule has 2 aromatic rings. The minimum Gasteiger partial charge on any atom is -0.387 e. The van der Waals surface area contributed by atoms with Gasteiger partial charge in [-0.1, -0.05) is 28.1 Å². The lowest BCUT2D eigenvalue weighted by Crippen LogP contribution is -2.33. The Morgan fingerprint density at radius 2 is 2.32 bits per heavy atom. The van der Waals surface area contributed by atoms with Gasteiger partial charge in [0, 0.05) is 36.0 Å². The van der Waals surface area contributed by atoms with Crippen LogP contribution in [0.1, 0.15) is 18.6 Å². The maximum absolute atomic E-state index is 10.1. The zero-order chi connectivity index (χ0) is 13.7. The van der Waals surface area contributed by atoms with Gasteiger partial charge in [-0.05, 0) is 24.6 Å². The van der Waals surface area contributed by atoms with Crippen LogP contribution in [0.3, 0.4) is 0 Å². The lowest BCUT2D eigenvalue weighted by molar-refractivity contribution is 0.169. The summed E-state index contributed by atoms with van der Waals surface area (Å²) >= 11 is 3.41. The summed E-state index contributed by atoms with van der Waals surface area (Å²) in [4.78, 5) is 4.01. The predicted octanol–water partition coefficient (Wildman–Crippen LogP) is 2.36. The number of benzene rings is 1. The standard InChI is InChI=1S/C14H18BrN3O/c1-11(9-18-6-5-16-10-18)17-8-14(19)12-3-2-4-13(15)7-12/h2-7,10-11,14,17,19H,8-9H2,1H3. The highest BCUT2D eigenvalue weighted by atomic mass is 79.9. The summed E-state index contributed by atoms with van der Waals surface area (Å²) in [6.45, 7) is 3.46. The molecule has 2 rings (SSSR count). The third-order valence-corrected chi connectivity index (χ3v) is 3.43. The number of halogens is 1. The van der Waals surface area contributed by atoms with Crippen molar-refractivity contribution >= 4 is 15.9 Å². The van der Waals surface area contributed by atoms with Gasteiger partial charge in [0.05, 0.1) is 12.4 Å². The summed E-state index contributed by atoms with van der Waals surface area (Å²) in [5.41, 5.74) is 0.914. The van der Waals surface area contributed by atoms with Gasteiger partial charge < -0.3 is 15.0 Å². The minimum atomic E-state index is -0.497. The van der Waals surface area contributed by atoms with E-state index < -0.39 is 6.10 Å². The van der Waals surface area contributed by atoms with Crippen LogP contribution in [-0.2, 0) is 6.54 Å². The number of hydrogen-bond acceptors (Lipinski definition) is 3. The van der Waals surface area contributed by atoms with Gasteiger partial charge in [-0.3, -0.25) is 0 Å². The van der Waals surface area contributed by atoms with Gasteiger partial charge in [-0.25, -0.2) is 4.98 Å². The average Bonchev–Trinajstić information content (AvgIpc) is 2.88. The van der Waals surface area contributed by atoms with Crippen molar-refractivity contribution in [2.45, 2.75) is 25.6 Å². The molecule has 0 aliphatic rings. The van der Waals surface area contributed by atoms with Crippen LogP contribution in [0.5, 0.6) is 0 Å². The molecule has 0 amide bonds. The largest absolute Gasteiger partial charge is 0.387 e. The Morgan fingerprint density at radius 1 is 1.47 bits per heavy atom. The van der Waals surface area contributed by atoms with Crippen LogP contribution in [-0.4, -0.2) is 27.2 Å². The van der Waals surface area contributed by atoms with Crippen LogP contribution < -0.4 is 5.32 Å². The second-order valence-electron chi connectivity index (χ2n) is 4.64. The first kappa shape index (κ1) is 14.2. The highest BCUT2D eigenvalue weighted by Crippen LogP contribution is 2.17. The second kappa shape index (κ2) is 6.84. The Morgan fingerprint density at radius 3 is 3.00 bits per heavy atom. The minimum absolute atomic E-state index is 0.274. The molecule has 0 saturated carbocycles. The molecule has 0 aliphatic heterocycles. The lowest BCUT2D eigenvalue weighted by Gasteiger charge is -2.18. The number of nitrogens with one attached hydrogen (secondary N) is 1. The smallest absolute Gasteiger partial charge is 0.0946 e. The summed E-state index contributed by atoms with van der Waals surface area (Å²) in [7, 11) is 0. The van der Waals surface area contributed by atoms with E-state index in [-0.39, 0.29) is 6.04 Å². The lowest BCUT2D eigenvalue weighted by atomic mass is 10.1. The highest BCUT2D eigenvalue weighted by Gasteiger charge is 2.09. The fourth-order valence-electron chi connectivity index (χ4n) is 1.92. The Hall–Kier alpha value is -1.17. The fraction of sp³-hybridized carbons (Fsp3) is 0.357. The number of aliphatic hydroxyl groups excluding tert-OH is 1. The van der Waals surface area contributed by atoms with Gasteiger partial charge >= 0.3 is 0 Å². The normalized spacial score (nSPS) is 14.3. The van der Waals surface area contributed by atoms with E-state index in [1.165, 1.54) is 0 Å². The molecule has 1 heterocycles. The van der Waals surface area contributed by atoms with Crippen molar-refractivity contribution in [3.63, 3.8) is 0 Å². The number of rotatable bonds is 6. The first-order valence-electron chi connectivity index (χ1n) is 6.28. The first-order valence-corrected chi connectivity index (χ1v) is 7.07. The van der Waals surface area contributed by atoms with Gasteiger partial charge in [0.25, 0.3) is 0 Å². The number of aromatic nitrogens is 2. The summed E-state index contributed by atoms with van der Waals surface area (Å²) in [6.07, 6.45) is 5.00. The Balaban J connectivity index is 1.81. The molecule has 1 aromatic heterocycles. The third-order valence-electron chi connectivity index (χ3n) is 2.94. The molecule has 0 bridgehead atoms. The summed E-state index contributed by atoms with van der Waals surface area (Å²) < 4.78 is 3.00. The molecule has 19 heavy (non-hydrogen) atoms. The van der Waals surface area contributed by atoms with Crippen LogP contribution >= 0.6 is 15.9 Å². The molecule has 4 nitrogen and oxygen atoms in total. The Bertz CT molecular complexity index is 501. The summed E-state index contributed by atoms with van der Waals surface area (Å²) in [6, 6.07) is 8.02. The van der Waals surface area contributed by atoms with E-state index in [1.807, 2.05) is 35.0 Å². The van der Waals surface area contributed by atoms with Gasteiger partial charge in [-0.15, -0.1) is 0 Å². The number of aliphatic hydroxyl groups is 1. The van der Waals surface area contributed by atoms with Gasteiger partial charge in [0.2, 0.25) is 0 Å². The van der Waals surface area contributed by atoms with E-state index in [0.717, 1.165) is 16.6 Å². The van der Waals surface area contributed by atoms with Crippen molar-refractivity contribution in [2.75, 3.05) is 6.54 Å². The van der Waals surface area contributed by atoms with E-state index >= 15 is 0 Å². The van der Waals surface area contributed by atoms with Crippen molar-refractivity contribution in [3.05, 3.63) is 53.0 Å². The van der Waals surface area contributed by atoms with E-state index in [9.17, 15) is 5.11 Å². The number of nitrogens with zero attached hydrogens (tertiary/aromatic N) is 2. The highest BCUT2D eigenvalue weighted by molar-refractivity contribution is 9.10. The molecule has 2 unspecified atom stereocenters. The quantitative estimate of drug-likeness (QED) is 0.858. The molecule has 1 aromatic carbocycles. The molecule has 0 fully saturated rings. The van der Waals surface area contributed by atoms with E-state index in [1.54, 1.807) is 12.5 Å². The summed E-state index contributed by atoms with van der Waals surface area (Å²) in [5, 5.41) is 13.4. The van der Waals surface area contributed by atoms with Crippen LogP contribution in [0, 0.1) is 0 Å². The average molecular weight is 324 g/mol. The first-order chi connectivity index (χ1) is 9.15. The molecule has 2 N–H and O–H groups in total. The third kappa shape index (κ3) is 4.45. The topological polar surface area (TPSA) is 50.1 Å². The van der Waals surface area contributed by atoms with E-state index in [4.69, 9.17) is 0 Å². The second-order valence-corrected chi connectivity index (χ2v) is 5.56. The van der Waals surface area contributed by atoms with E-state index in [0.29, 0.717) is 6.54 Å². The Kier molecular flexibility index (Phi) is 5.13. The van der Waals surface area contributed by atoms with Gasteiger partial charge in [0.1, 0.15) is 0 Å². The number of imidazole rings is 1. The molecule has 0 saturated heterocycles. The maximum atomic E-state index is 10.1.